The van der Waals surface area contributed by atoms with Crippen LogP contribution in [0.2, 0.25) is 0 Å². The van der Waals surface area contributed by atoms with Crippen molar-refractivity contribution < 1.29 is 13.9 Å². The minimum absolute atomic E-state index is 0.0639. The first-order chi connectivity index (χ1) is 15.5. The lowest BCUT2D eigenvalue weighted by atomic mass is 9.98. The van der Waals surface area contributed by atoms with E-state index in [1.165, 1.54) is 11.3 Å². The van der Waals surface area contributed by atoms with Crippen molar-refractivity contribution in [3.8, 4) is 5.75 Å². The highest BCUT2D eigenvalue weighted by molar-refractivity contribution is 9.10. The van der Waals surface area contributed by atoms with E-state index in [-0.39, 0.29) is 17.1 Å². The van der Waals surface area contributed by atoms with E-state index in [1.54, 1.807) is 23.1 Å². The third kappa shape index (κ3) is 3.43. The van der Waals surface area contributed by atoms with E-state index in [0.717, 1.165) is 27.9 Å². The average molecular weight is 511 g/mol. The van der Waals surface area contributed by atoms with Crippen LogP contribution in [0.4, 0.5) is 5.13 Å². The molecule has 1 amide bonds. The van der Waals surface area contributed by atoms with Gasteiger partial charge in [0.2, 0.25) is 5.76 Å². The van der Waals surface area contributed by atoms with Crippen LogP contribution in [0.3, 0.4) is 0 Å². The number of carbonyl (C=O) groups excluding carboxylic acids is 1. The lowest BCUT2D eigenvalue weighted by Gasteiger charge is -2.22. The fourth-order valence-electron chi connectivity index (χ4n) is 3.88. The van der Waals surface area contributed by atoms with Crippen molar-refractivity contribution in [3.05, 3.63) is 85.1 Å². The normalized spacial score (nSPS) is 15.4. The number of hydrogen-bond donors (Lipinski definition) is 0. The largest absolute Gasteiger partial charge is 0.494 e. The number of nitrogens with zero attached hydrogens (tertiary/aromatic N) is 2. The predicted octanol–water partition coefficient (Wildman–Crippen LogP) is 5.86. The quantitative estimate of drug-likeness (QED) is 0.336. The molecule has 0 fully saturated rings. The number of hydrogen-bond acceptors (Lipinski definition) is 6. The summed E-state index contributed by atoms with van der Waals surface area (Å²) in [6.07, 6.45) is 0.910. The molecule has 0 spiro atoms. The highest BCUT2D eigenvalue weighted by Crippen LogP contribution is 2.42. The molecule has 1 aliphatic heterocycles. The average Bonchev–Trinajstić information content (AvgIpc) is 3.34. The zero-order valence-electron chi connectivity index (χ0n) is 17.4. The van der Waals surface area contributed by atoms with E-state index in [1.807, 2.05) is 43.5 Å². The molecule has 2 aromatic heterocycles. The number of amides is 1. The first kappa shape index (κ1) is 20.9. The highest BCUT2D eigenvalue weighted by atomic mass is 79.9. The first-order valence-corrected chi connectivity index (χ1v) is 11.9. The summed E-state index contributed by atoms with van der Waals surface area (Å²) in [5, 5.41) is 2.84. The smallest absolute Gasteiger partial charge is 0.297 e. The maximum Gasteiger partial charge on any atom is 0.297 e. The fraction of sp³-hybridized carbons (Fsp3) is 0.208. The van der Waals surface area contributed by atoms with E-state index >= 15 is 0 Å². The molecule has 5 rings (SSSR count). The number of halogens is 1. The van der Waals surface area contributed by atoms with Crippen molar-refractivity contribution in [2.45, 2.75) is 26.3 Å². The molecule has 0 N–H and O–H groups in total. The Balaban J connectivity index is 1.72. The van der Waals surface area contributed by atoms with Gasteiger partial charge in [-0.1, -0.05) is 35.0 Å². The summed E-state index contributed by atoms with van der Waals surface area (Å²) in [4.78, 5) is 33.2. The third-order valence-corrected chi connectivity index (χ3v) is 6.76. The molecule has 0 saturated carbocycles. The minimum Gasteiger partial charge on any atom is -0.494 e. The number of benzene rings is 2. The van der Waals surface area contributed by atoms with Gasteiger partial charge >= 0.3 is 0 Å². The Morgan fingerprint density at radius 3 is 2.66 bits per heavy atom. The molecule has 162 valence electrons. The number of anilines is 1. The van der Waals surface area contributed by atoms with Gasteiger partial charge in [0.05, 0.1) is 29.3 Å². The van der Waals surface area contributed by atoms with Gasteiger partial charge in [-0.25, -0.2) is 4.98 Å². The van der Waals surface area contributed by atoms with E-state index in [0.29, 0.717) is 28.3 Å². The molecular formula is C24H19BrN2O4S. The number of aromatic nitrogens is 1. The van der Waals surface area contributed by atoms with Crippen molar-refractivity contribution in [1.29, 1.82) is 0 Å². The van der Waals surface area contributed by atoms with Gasteiger partial charge < -0.3 is 9.15 Å². The van der Waals surface area contributed by atoms with Crippen LogP contribution in [0.5, 0.6) is 5.75 Å². The maximum atomic E-state index is 13.6. The van der Waals surface area contributed by atoms with Gasteiger partial charge in [0.15, 0.2) is 10.6 Å². The van der Waals surface area contributed by atoms with Crippen LogP contribution in [-0.4, -0.2) is 17.5 Å². The zero-order valence-corrected chi connectivity index (χ0v) is 19.8. The number of ether oxygens (including phenoxy) is 1. The Bertz CT molecular complexity index is 1390. The van der Waals surface area contributed by atoms with Crippen LogP contribution < -0.4 is 15.1 Å². The molecule has 0 saturated heterocycles. The highest BCUT2D eigenvalue weighted by Gasteiger charge is 2.44. The van der Waals surface area contributed by atoms with E-state index in [4.69, 9.17) is 9.15 Å². The Morgan fingerprint density at radius 1 is 1.19 bits per heavy atom. The van der Waals surface area contributed by atoms with Gasteiger partial charge in [-0.05, 0) is 49.2 Å². The maximum absolute atomic E-state index is 13.6. The van der Waals surface area contributed by atoms with Crippen molar-refractivity contribution >= 4 is 49.3 Å². The van der Waals surface area contributed by atoms with E-state index in [9.17, 15) is 9.59 Å². The summed E-state index contributed by atoms with van der Waals surface area (Å²) >= 11 is 4.78. The Labute approximate surface area is 196 Å². The third-order valence-electron chi connectivity index (χ3n) is 5.31. The summed E-state index contributed by atoms with van der Waals surface area (Å²) in [5.41, 5.74) is 2.09. The van der Waals surface area contributed by atoms with Crippen LogP contribution in [0.15, 0.2) is 61.5 Å². The summed E-state index contributed by atoms with van der Waals surface area (Å²) in [7, 11) is 0. The molecule has 1 aliphatic rings. The standard InChI is InChI=1S/C24H19BrN2O4S/c1-3-10-30-16-7-4-14(5-8-16)20-19-21(28)17-11-15(25)6-9-18(17)31-22(19)23(29)27(20)24-26-13(2)12-32-24/h4-9,11-12,20H,3,10H2,1-2H3. The zero-order chi connectivity index (χ0) is 22.4. The van der Waals surface area contributed by atoms with Crippen molar-refractivity contribution in [2.24, 2.45) is 0 Å². The topological polar surface area (TPSA) is 72.6 Å². The summed E-state index contributed by atoms with van der Waals surface area (Å²) in [5.74, 6) is 0.438. The second-order valence-corrected chi connectivity index (χ2v) is 9.33. The van der Waals surface area contributed by atoms with Crippen molar-refractivity contribution in [1.82, 2.24) is 4.98 Å². The molecule has 6 nitrogen and oxygen atoms in total. The molecule has 8 heteroatoms. The number of thiazole rings is 1. The molecule has 1 atom stereocenters. The van der Waals surface area contributed by atoms with Gasteiger partial charge in [-0.2, -0.15) is 0 Å². The van der Waals surface area contributed by atoms with Crippen LogP contribution in [0.25, 0.3) is 11.0 Å². The SMILES string of the molecule is CCCOc1ccc(C2c3c(oc4ccc(Br)cc4c3=O)C(=O)N2c2nc(C)cs2)cc1. The van der Waals surface area contributed by atoms with Crippen molar-refractivity contribution in [3.63, 3.8) is 0 Å². The second kappa shape index (κ2) is 8.18. The Morgan fingerprint density at radius 2 is 1.97 bits per heavy atom. The molecule has 1 unspecified atom stereocenters. The minimum atomic E-state index is -0.636. The second-order valence-electron chi connectivity index (χ2n) is 7.58. The van der Waals surface area contributed by atoms with Gasteiger partial charge in [0.25, 0.3) is 5.91 Å². The summed E-state index contributed by atoms with van der Waals surface area (Å²) in [6.45, 7) is 4.54. The molecule has 32 heavy (non-hydrogen) atoms. The van der Waals surface area contributed by atoms with Crippen LogP contribution in [0.1, 0.15) is 46.8 Å². The monoisotopic (exact) mass is 510 g/mol. The van der Waals surface area contributed by atoms with Crippen LogP contribution >= 0.6 is 27.3 Å². The van der Waals surface area contributed by atoms with Crippen LogP contribution in [0, 0.1) is 6.92 Å². The number of fused-ring (bicyclic) bond motifs is 2. The molecule has 4 aromatic rings. The Kier molecular flexibility index (Phi) is 5.35. The molecule has 2 aromatic carbocycles. The Hall–Kier alpha value is -2.97. The van der Waals surface area contributed by atoms with E-state index < -0.39 is 6.04 Å². The molecule has 0 radical (unpaired) electrons. The number of carbonyl (C=O) groups is 1. The van der Waals surface area contributed by atoms with Gasteiger partial charge in [-0.15, -0.1) is 11.3 Å². The molecule has 0 bridgehead atoms. The summed E-state index contributed by atoms with van der Waals surface area (Å²) in [6, 6.07) is 12.1. The summed E-state index contributed by atoms with van der Waals surface area (Å²) < 4.78 is 12.4. The van der Waals surface area contributed by atoms with Gasteiger partial charge in [0, 0.05) is 9.85 Å². The number of aryl methyl sites for hydroxylation is 1. The number of rotatable bonds is 5. The van der Waals surface area contributed by atoms with Crippen LogP contribution in [-0.2, 0) is 0 Å². The van der Waals surface area contributed by atoms with Gasteiger partial charge in [0.1, 0.15) is 11.3 Å². The molecule has 0 aliphatic carbocycles. The molecule has 3 heterocycles. The predicted molar refractivity (Wildman–Crippen MR) is 128 cm³/mol. The van der Waals surface area contributed by atoms with Gasteiger partial charge in [-0.3, -0.25) is 14.5 Å². The first-order valence-electron chi connectivity index (χ1n) is 10.2. The fourth-order valence-corrected chi connectivity index (χ4v) is 5.06. The lowest BCUT2D eigenvalue weighted by Crippen LogP contribution is -2.29. The van der Waals surface area contributed by atoms with Crippen molar-refractivity contribution in [2.75, 3.05) is 11.5 Å². The molecular weight excluding hydrogens is 492 g/mol. The van der Waals surface area contributed by atoms with E-state index in [2.05, 4.69) is 20.9 Å². The lowest BCUT2D eigenvalue weighted by molar-refractivity contribution is 0.0971.